The van der Waals surface area contributed by atoms with E-state index in [2.05, 4.69) is 10.3 Å². The molecular weight excluding hydrogens is 339 g/mol. The normalized spacial score (nSPS) is 10.5. The summed E-state index contributed by atoms with van der Waals surface area (Å²) >= 11 is 0. The van der Waals surface area contributed by atoms with Crippen LogP contribution in [0, 0.1) is 5.82 Å². The maximum atomic E-state index is 13.3. The SMILES string of the molecule is COCc1ccc(C(=O)NCc2cccnc2Oc2cccc(F)c2)o1. The minimum Gasteiger partial charge on any atom is -0.453 e. The van der Waals surface area contributed by atoms with E-state index in [0.29, 0.717) is 23.7 Å². The van der Waals surface area contributed by atoms with Gasteiger partial charge >= 0.3 is 0 Å². The first-order valence-corrected chi connectivity index (χ1v) is 7.89. The number of amides is 1. The molecule has 2 aromatic heterocycles. The van der Waals surface area contributed by atoms with E-state index in [1.807, 2.05) is 0 Å². The number of benzene rings is 1. The van der Waals surface area contributed by atoms with Crippen LogP contribution < -0.4 is 10.1 Å². The number of methoxy groups -OCH3 is 1. The number of hydrogen-bond acceptors (Lipinski definition) is 5. The van der Waals surface area contributed by atoms with Gasteiger partial charge in [0.25, 0.3) is 5.91 Å². The third-order valence-corrected chi connectivity index (χ3v) is 3.47. The first-order chi connectivity index (χ1) is 12.7. The van der Waals surface area contributed by atoms with Crippen molar-refractivity contribution in [3.8, 4) is 11.6 Å². The molecule has 0 radical (unpaired) electrons. The minimum atomic E-state index is -0.405. The molecule has 2 heterocycles. The Morgan fingerprint density at radius 3 is 2.92 bits per heavy atom. The van der Waals surface area contributed by atoms with Gasteiger partial charge < -0.3 is 19.2 Å². The predicted octanol–water partition coefficient (Wildman–Crippen LogP) is 3.68. The van der Waals surface area contributed by atoms with E-state index < -0.39 is 5.82 Å². The smallest absolute Gasteiger partial charge is 0.287 e. The van der Waals surface area contributed by atoms with Crippen LogP contribution in [0.25, 0.3) is 0 Å². The van der Waals surface area contributed by atoms with Crippen LogP contribution >= 0.6 is 0 Å². The molecule has 0 spiro atoms. The molecule has 0 aliphatic rings. The summed E-state index contributed by atoms with van der Waals surface area (Å²) in [5.74, 6) is 0.595. The van der Waals surface area contributed by atoms with Gasteiger partial charge in [0.05, 0.1) is 0 Å². The largest absolute Gasteiger partial charge is 0.453 e. The van der Waals surface area contributed by atoms with Crippen LogP contribution in [0.15, 0.2) is 59.1 Å². The number of hydrogen-bond donors (Lipinski definition) is 1. The number of rotatable bonds is 7. The number of carbonyl (C=O) groups excluding carboxylic acids is 1. The molecule has 1 N–H and O–H groups in total. The topological polar surface area (TPSA) is 73.6 Å². The van der Waals surface area contributed by atoms with Crippen molar-refractivity contribution in [2.24, 2.45) is 0 Å². The van der Waals surface area contributed by atoms with Gasteiger partial charge in [-0.3, -0.25) is 4.79 Å². The van der Waals surface area contributed by atoms with Crippen molar-refractivity contribution in [1.82, 2.24) is 10.3 Å². The van der Waals surface area contributed by atoms with Gasteiger partial charge in [-0.25, -0.2) is 9.37 Å². The molecule has 0 aliphatic carbocycles. The van der Waals surface area contributed by atoms with Crippen molar-refractivity contribution in [2.45, 2.75) is 13.2 Å². The molecule has 0 aliphatic heterocycles. The van der Waals surface area contributed by atoms with Gasteiger partial charge in [-0.2, -0.15) is 0 Å². The Kier molecular flexibility index (Phi) is 5.60. The van der Waals surface area contributed by atoms with Crippen LogP contribution in [0.3, 0.4) is 0 Å². The Hall–Kier alpha value is -3.19. The molecule has 1 amide bonds. The van der Waals surface area contributed by atoms with Crippen LogP contribution in [0.5, 0.6) is 11.6 Å². The number of carbonyl (C=O) groups is 1. The molecule has 7 heteroatoms. The Balaban J connectivity index is 1.67. The Labute approximate surface area is 149 Å². The molecule has 0 fully saturated rings. The summed E-state index contributed by atoms with van der Waals surface area (Å²) in [6.45, 7) is 0.471. The summed E-state index contributed by atoms with van der Waals surface area (Å²) < 4.78 is 29.3. The van der Waals surface area contributed by atoms with Gasteiger partial charge in [0.2, 0.25) is 5.88 Å². The van der Waals surface area contributed by atoms with Crippen LogP contribution in [0.2, 0.25) is 0 Å². The van der Waals surface area contributed by atoms with E-state index in [-0.39, 0.29) is 24.1 Å². The molecule has 26 heavy (non-hydrogen) atoms. The highest BCUT2D eigenvalue weighted by molar-refractivity contribution is 5.91. The van der Waals surface area contributed by atoms with Crippen molar-refractivity contribution in [1.29, 1.82) is 0 Å². The molecule has 0 saturated carbocycles. The van der Waals surface area contributed by atoms with Gasteiger partial charge in [0.15, 0.2) is 5.76 Å². The zero-order valence-electron chi connectivity index (χ0n) is 14.1. The summed E-state index contributed by atoms with van der Waals surface area (Å²) in [5.41, 5.74) is 0.647. The quantitative estimate of drug-likeness (QED) is 0.699. The lowest BCUT2D eigenvalue weighted by molar-refractivity contribution is 0.0914. The molecule has 3 rings (SSSR count). The Bertz CT molecular complexity index is 895. The highest BCUT2D eigenvalue weighted by Crippen LogP contribution is 2.23. The first kappa shape index (κ1) is 17.6. The third kappa shape index (κ3) is 4.46. The Morgan fingerprint density at radius 2 is 2.12 bits per heavy atom. The van der Waals surface area contributed by atoms with E-state index in [1.54, 1.807) is 49.7 Å². The number of nitrogens with zero attached hydrogens (tertiary/aromatic N) is 1. The van der Waals surface area contributed by atoms with E-state index in [0.717, 1.165) is 0 Å². The molecule has 6 nitrogen and oxygen atoms in total. The number of halogens is 1. The second-order valence-electron chi connectivity index (χ2n) is 5.41. The van der Waals surface area contributed by atoms with Gasteiger partial charge in [-0.1, -0.05) is 12.1 Å². The van der Waals surface area contributed by atoms with Crippen LogP contribution in [-0.2, 0) is 17.9 Å². The molecule has 0 atom stereocenters. The molecule has 1 aromatic carbocycles. The fourth-order valence-corrected chi connectivity index (χ4v) is 2.28. The maximum Gasteiger partial charge on any atom is 0.287 e. The number of pyridine rings is 1. The van der Waals surface area contributed by atoms with Crippen molar-refractivity contribution < 1.29 is 23.1 Å². The lowest BCUT2D eigenvalue weighted by atomic mass is 10.2. The summed E-state index contributed by atoms with van der Waals surface area (Å²) in [7, 11) is 1.55. The van der Waals surface area contributed by atoms with E-state index >= 15 is 0 Å². The van der Waals surface area contributed by atoms with Crippen molar-refractivity contribution in [3.63, 3.8) is 0 Å². The van der Waals surface area contributed by atoms with Crippen molar-refractivity contribution in [3.05, 3.63) is 77.6 Å². The average molecular weight is 356 g/mol. The molecule has 0 saturated heterocycles. The number of furan rings is 1. The van der Waals surface area contributed by atoms with Gasteiger partial charge in [-0.15, -0.1) is 0 Å². The van der Waals surface area contributed by atoms with Crippen LogP contribution in [0.4, 0.5) is 4.39 Å². The lowest BCUT2D eigenvalue weighted by Crippen LogP contribution is -2.22. The predicted molar refractivity (Wildman–Crippen MR) is 91.3 cm³/mol. The highest BCUT2D eigenvalue weighted by atomic mass is 19.1. The number of aromatic nitrogens is 1. The standard InChI is InChI=1S/C19H17FN2O4/c1-24-12-16-7-8-17(25-16)18(23)22-11-13-4-3-9-21-19(13)26-15-6-2-5-14(20)10-15/h2-10H,11-12H2,1H3,(H,22,23). The lowest BCUT2D eigenvalue weighted by Gasteiger charge is -2.10. The molecule has 0 bridgehead atoms. The van der Waals surface area contributed by atoms with Gasteiger partial charge in [0.1, 0.15) is 23.9 Å². The van der Waals surface area contributed by atoms with Gasteiger partial charge in [-0.05, 0) is 30.3 Å². The Morgan fingerprint density at radius 1 is 1.23 bits per heavy atom. The average Bonchev–Trinajstić information content (AvgIpc) is 3.10. The minimum absolute atomic E-state index is 0.178. The molecule has 3 aromatic rings. The van der Waals surface area contributed by atoms with Crippen molar-refractivity contribution in [2.75, 3.05) is 7.11 Å². The summed E-state index contributed by atoms with van der Waals surface area (Å²) in [6, 6.07) is 12.5. The third-order valence-electron chi connectivity index (χ3n) is 3.47. The van der Waals surface area contributed by atoms with E-state index in [1.165, 1.54) is 12.1 Å². The zero-order chi connectivity index (χ0) is 18.4. The zero-order valence-corrected chi connectivity index (χ0v) is 14.1. The second kappa shape index (κ2) is 8.26. The fraction of sp³-hybridized carbons (Fsp3) is 0.158. The summed E-state index contributed by atoms with van der Waals surface area (Å²) in [4.78, 5) is 16.3. The summed E-state index contributed by atoms with van der Waals surface area (Å²) in [5, 5.41) is 2.74. The summed E-state index contributed by atoms with van der Waals surface area (Å²) in [6.07, 6.45) is 1.56. The van der Waals surface area contributed by atoms with Crippen molar-refractivity contribution >= 4 is 5.91 Å². The second-order valence-corrected chi connectivity index (χ2v) is 5.41. The molecular formula is C19H17FN2O4. The molecule has 134 valence electrons. The van der Waals surface area contributed by atoms with Gasteiger partial charge in [0, 0.05) is 31.5 Å². The maximum absolute atomic E-state index is 13.3. The first-order valence-electron chi connectivity index (χ1n) is 7.89. The van der Waals surface area contributed by atoms with E-state index in [4.69, 9.17) is 13.9 Å². The highest BCUT2D eigenvalue weighted by Gasteiger charge is 2.13. The molecule has 0 unspecified atom stereocenters. The number of nitrogens with one attached hydrogen (secondary N) is 1. The fourth-order valence-electron chi connectivity index (χ4n) is 2.28. The number of ether oxygens (including phenoxy) is 2. The van der Waals surface area contributed by atoms with E-state index in [9.17, 15) is 9.18 Å². The van der Waals surface area contributed by atoms with Crippen LogP contribution in [0.1, 0.15) is 21.9 Å². The van der Waals surface area contributed by atoms with Crippen LogP contribution in [-0.4, -0.2) is 18.0 Å². The monoisotopic (exact) mass is 356 g/mol.